The van der Waals surface area contributed by atoms with Gasteiger partial charge >= 0.3 is 0 Å². The van der Waals surface area contributed by atoms with E-state index in [0.29, 0.717) is 13.2 Å². The molecule has 0 fully saturated rings. The van der Waals surface area contributed by atoms with Crippen LogP contribution in [0.1, 0.15) is 59.3 Å². The van der Waals surface area contributed by atoms with Gasteiger partial charge in [0.2, 0.25) is 0 Å². The molecule has 3 heteroatoms. The summed E-state index contributed by atoms with van der Waals surface area (Å²) in [5.41, 5.74) is 0. The van der Waals surface area contributed by atoms with Gasteiger partial charge in [0.25, 0.3) is 0 Å². The molecule has 0 aliphatic carbocycles. The molecular weight excluding hydrogens is 216 g/mol. The van der Waals surface area contributed by atoms with Crippen molar-refractivity contribution in [2.24, 2.45) is 0 Å². The van der Waals surface area contributed by atoms with Crippen LogP contribution in [-0.2, 0) is 9.47 Å². The van der Waals surface area contributed by atoms with E-state index >= 15 is 0 Å². The smallest absolute Gasteiger partial charge is 0.0807 e. The Morgan fingerprint density at radius 1 is 0.941 bits per heavy atom. The molecule has 0 rings (SSSR count). The van der Waals surface area contributed by atoms with Crippen LogP contribution in [-0.4, -0.2) is 37.1 Å². The summed E-state index contributed by atoms with van der Waals surface area (Å²) in [6.07, 6.45) is 6.41. The molecule has 1 N–H and O–H groups in total. The van der Waals surface area contributed by atoms with E-state index in [-0.39, 0.29) is 12.2 Å². The number of unbranched alkanes of at least 4 members (excludes halogenated alkanes) is 3. The molecule has 0 amide bonds. The number of hydrogen-bond acceptors (Lipinski definition) is 3. The largest absolute Gasteiger partial charge is 0.391 e. The minimum atomic E-state index is -0.339. The lowest BCUT2D eigenvalue weighted by atomic mass is 10.2. The van der Waals surface area contributed by atoms with Crippen LogP contribution in [0.15, 0.2) is 0 Å². The van der Waals surface area contributed by atoms with Crippen molar-refractivity contribution in [1.82, 2.24) is 0 Å². The quantitative estimate of drug-likeness (QED) is 0.538. The van der Waals surface area contributed by atoms with Gasteiger partial charge in [-0.15, -0.1) is 0 Å². The fraction of sp³-hybridized carbons (Fsp3) is 1.00. The topological polar surface area (TPSA) is 38.7 Å². The molecule has 0 aromatic rings. The number of rotatable bonds is 12. The summed E-state index contributed by atoms with van der Waals surface area (Å²) < 4.78 is 11.2. The molecule has 0 bridgehead atoms. The average Bonchev–Trinajstić information content (AvgIpc) is 2.36. The summed E-state index contributed by atoms with van der Waals surface area (Å²) >= 11 is 0. The van der Waals surface area contributed by atoms with Crippen molar-refractivity contribution >= 4 is 0 Å². The predicted molar refractivity (Wildman–Crippen MR) is 71.3 cm³/mol. The lowest BCUT2D eigenvalue weighted by Crippen LogP contribution is -2.24. The highest BCUT2D eigenvalue weighted by atomic mass is 16.5. The molecule has 0 spiro atoms. The first-order chi connectivity index (χ1) is 8.24. The van der Waals surface area contributed by atoms with E-state index in [4.69, 9.17) is 9.47 Å². The second-order valence-electron chi connectivity index (χ2n) is 4.56. The molecule has 104 valence electrons. The molecule has 0 saturated heterocycles. The summed E-state index contributed by atoms with van der Waals surface area (Å²) in [5, 5.41) is 9.41. The molecule has 0 heterocycles. The molecule has 3 nitrogen and oxygen atoms in total. The third-order valence-corrected chi connectivity index (χ3v) is 2.90. The van der Waals surface area contributed by atoms with E-state index in [1.807, 2.05) is 6.92 Å². The summed E-state index contributed by atoms with van der Waals surface area (Å²) in [6, 6.07) is 0. The van der Waals surface area contributed by atoms with Crippen molar-refractivity contribution in [3.05, 3.63) is 0 Å². The number of aliphatic hydroxyl groups is 1. The van der Waals surface area contributed by atoms with Crippen molar-refractivity contribution in [1.29, 1.82) is 0 Å². The van der Waals surface area contributed by atoms with Gasteiger partial charge in [-0.05, 0) is 19.3 Å². The maximum atomic E-state index is 9.41. The molecule has 2 atom stereocenters. The first kappa shape index (κ1) is 16.9. The Balaban J connectivity index is 3.41. The van der Waals surface area contributed by atoms with E-state index in [2.05, 4.69) is 13.8 Å². The van der Waals surface area contributed by atoms with Gasteiger partial charge in [0.15, 0.2) is 0 Å². The number of hydrogen-bond donors (Lipinski definition) is 1. The van der Waals surface area contributed by atoms with Gasteiger partial charge in [0.05, 0.1) is 25.4 Å². The monoisotopic (exact) mass is 246 g/mol. The van der Waals surface area contributed by atoms with Crippen LogP contribution in [0.2, 0.25) is 0 Å². The second-order valence-corrected chi connectivity index (χ2v) is 4.56. The van der Waals surface area contributed by atoms with E-state index < -0.39 is 0 Å². The summed E-state index contributed by atoms with van der Waals surface area (Å²) in [7, 11) is 0. The Morgan fingerprint density at radius 2 is 1.71 bits per heavy atom. The molecule has 17 heavy (non-hydrogen) atoms. The van der Waals surface area contributed by atoms with Crippen LogP contribution in [0.3, 0.4) is 0 Å². The maximum absolute atomic E-state index is 9.41. The Labute approximate surface area is 107 Å². The molecule has 0 aromatic heterocycles. The van der Waals surface area contributed by atoms with Gasteiger partial charge in [-0.25, -0.2) is 0 Å². The maximum Gasteiger partial charge on any atom is 0.0807 e. The van der Waals surface area contributed by atoms with Gasteiger partial charge in [0.1, 0.15) is 0 Å². The number of ether oxygens (including phenoxy) is 2. The van der Waals surface area contributed by atoms with Crippen LogP contribution in [0, 0.1) is 0 Å². The van der Waals surface area contributed by atoms with Crippen molar-refractivity contribution in [3.63, 3.8) is 0 Å². The molecule has 2 unspecified atom stereocenters. The van der Waals surface area contributed by atoms with Crippen molar-refractivity contribution in [3.8, 4) is 0 Å². The third kappa shape index (κ3) is 10.7. The standard InChI is InChI=1S/C14H30O3/c1-4-7-8-9-10-16-12-14(6-3)17-11-13(15)5-2/h13-15H,4-12H2,1-3H3. The molecule has 0 radical (unpaired) electrons. The average molecular weight is 246 g/mol. The molecule has 0 aromatic carbocycles. The first-order valence-corrected chi connectivity index (χ1v) is 7.11. The van der Waals surface area contributed by atoms with Crippen molar-refractivity contribution < 1.29 is 14.6 Å². The van der Waals surface area contributed by atoms with Gasteiger partial charge < -0.3 is 14.6 Å². The van der Waals surface area contributed by atoms with Crippen molar-refractivity contribution in [2.45, 2.75) is 71.5 Å². The van der Waals surface area contributed by atoms with Crippen molar-refractivity contribution in [2.75, 3.05) is 19.8 Å². The summed E-state index contributed by atoms with van der Waals surface area (Å²) in [4.78, 5) is 0. The van der Waals surface area contributed by atoms with E-state index in [9.17, 15) is 5.11 Å². The molecule has 0 aliphatic rings. The van der Waals surface area contributed by atoms with E-state index in [1.54, 1.807) is 0 Å². The Morgan fingerprint density at radius 3 is 2.29 bits per heavy atom. The second kappa shape index (κ2) is 12.3. The molecular formula is C14H30O3. The lowest BCUT2D eigenvalue weighted by molar-refractivity contribution is -0.0507. The fourth-order valence-corrected chi connectivity index (χ4v) is 1.49. The Bertz CT molecular complexity index is 150. The summed E-state index contributed by atoms with van der Waals surface area (Å²) in [6.45, 7) is 8.16. The fourth-order valence-electron chi connectivity index (χ4n) is 1.49. The van der Waals surface area contributed by atoms with E-state index in [0.717, 1.165) is 25.9 Å². The van der Waals surface area contributed by atoms with Gasteiger partial charge in [-0.3, -0.25) is 0 Å². The highest BCUT2D eigenvalue weighted by Crippen LogP contribution is 2.04. The molecule has 0 aliphatic heterocycles. The lowest BCUT2D eigenvalue weighted by Gasteiger charge is -2.18. The van der Waals surface area contributed by atoms with Gasteiger partial charge in [-0.2, -0.15) is 0 Å². The minimum Gasteiger partial charge on any atom is -0.391 e. The highest BCUT2D eigenvalue weighted by Gasteiger charge is 2.09. The van der Waals surface area contributed by atoms with Crippen LogP contribution in [0.25, 0.3) is 0 Å². The zero-order valence-corrected chi connectivity index (χ0v) is 11.8. The Hall–Kier alpha value is -0.120. The van der Waals surface area contributed by atoms with Crippen LogP contribution >= 0.6 is 0 Å². The SMILES string of the molecule is CCCCCCOCC(CC)OCC(O)CC. The van der Waals surface area contributed by atoms with Crippen LogP contribution in [0.4, 0.5) is 0 Å². The molecule has 0 saturated carbocycles. The van der Waals surface area contributed by atoms with Gasteiger partial charge in [-0.1, -0.05) is 40.0 Å². The zero-order chi connectivity index (χ0) is 12.9. The minimum absolute atomic E-state index is 0.127. The van der Waals surface area contributed by atoms with Crippen LogP contribution < -0.4 is 0 Å². The Kier molecular flexibility index (Phi) is 12.3. The normalized spacial score (nSPS) is 14.8. The highest BCUT2D eigenvalue weighted by molar-refractivity contribution is 4.57. The predicted octanol–water partition coefficient (Wildman–Crippen LogP) is 3.15. The van der Waals surface area contributed by atoms with E-state index in [1.165, 1.54) is 19.3 Å². The summed E-state index contributed by atoms with van der Waals surface area (Å²) in [5.74, 6) is 0. The number of aliphatic hydroxyl groups excluding tert-OH is 1. The van der Waals surface area contributed by atoms with Crippen LogP contribution in [0.5, 0.6) is 0 Å². The van der Waals surface area contributed by atoms with Gasteiger partial charge in [0, 0.05) is 6.61 Å². The third-order valence-electron chi connectivity index (χ3n) is 2.90. The first-order valence-electron chi connectivity index (χ1n) is 7.11. The zero-order valence-electron chi connectivity index (χ0n) is 11.8.